The van der Waals surface area contributed by atoms with Gasteiger partial charge >= 0.3 is 12.2 Å². The van der Waals surface area contributed by atoms with Gasteiger partial charge in [-0.15, -0.1) is 0 Å². The molecule has 25 heavy (non-hydrogen) atoms. The van der Waals surface area contributed by atoms with E-state index in [4.69, 9.17) is 9.47 Å². The van der Waals surface area contributed by atoms with Crippen LogP contribution in [0.2, 0.25) is 0 Å². The fourth-order valence-electron chi connectivity index (χ4n) is 2.42. The molecule has 0 aliphatic carbocycles. The lowest BCUT2D eigenvalue weighted by Crippen LogP contribution is -2.35. The van der Waals surface area contributed by atoms with E-state index in [9.17, 15) is 9.59 Å². The monoisotopic (exact) mass is 349 g/mol. The summed E-state index contributed by atoms with van der Waals surface area (Å²) in [6.07, 6.45) is 1.53. The topological polar surface area (TPSA) is 80.8 Å². The molecule has 1 aliphatic heterocycles. The maximum Gasteiger partial charge on any atom is 0.414 e. The summed E-state index contributed by atoms with van der Waals surface area (Å²) < 4.78 is 10.6. The molecular weight excluding hydrogens is 322 g/mol. The molecule has 0 radical (unpaired) electrons. The Morgan fingerprint density at radius 3 is 2.40 bits per heavy atom. The number of aromatic nitrogens is 1. The van der Waals surface area contributed by atoms with E-state index < -0.39 is 17.3 Å². The van der Waals surface area contributed by atoms with Crippen LogP contribution in [0.5, 0.6) is 0 Å². The van der Waals surface area contributed by atoms with Gasteiger partial charge in [-0.25, -0.2) is 9.59 Å². The van der Waals surface area contributed by atoms with Crippen LogP contribution in [-0.2, 0) is 22.4 Å². The number of carbonyl (C=O) groups excluding carboxylic acids is 2. The Morgan fingerprint density at radius 2 is 1.80 bits per heavy atom. The van der Waals surface area contributed by atoms with Gasteiger partial charge < -0.3 is 14.8 Å². The number of fused-ring (bicyclic) bond motifs is 1. The van der Waals surface area contributed by atoms with Crippen molar-refractivity contribution in [2.24, 2.45) is 0 Å². The molecule has 1 aromatic rings. The van der Waals surface area contributed by atoms with Crippen LogP contribution < -0.4 is 10.2 Å². The van der Waals surface area contributed by atoms with Gasteiger partial charge in [-0.1, -0.05) is 0 Å². The molecule has 0 saturated heterocycles. The van der Waals surface area contributed by atoms with Gasteiger partial charge in [0, 0.05) is 6.54 Å². The molecule has 1 N–H and O–H groups in total. The summed E-state index contributed by atoms with van der Waals surface area (Å²) in [7, 11) is 0. The second-order valence-corrected chi connectivity index (χ2v) is 8.04. The lowest BCUT2D eigenvalue weighted by atomic mass is 10.2. The van der Waals surface area contributed by atoms with Crippen LogP contribution in [0.3, 0.4) is 0 Å². The van der Waals surface area contributed by atoms with Crippen LogP contribution in [0.1, 0.15) is 52.8 Å². The minimum absolute atomic E-state index is 0.272. The van der Waals surface area contributed by atoms with Gasteiger partial charge in [0.15, 0.2) is 0 Å². The summed E-state index contributed by atoms with van der Waals surface area (Å²) in [4.78, 5) is 29.9. The Balaban J connectivity index is 1.99. The first-order valence-corrected chi connectivity index (χ1v) is 8.40. The van der Waals surface area contributed by atoms with Gasteiger partial charge in [0.1, 0.15) is 11.2 Å². The molecule has 0 atom stereocenters. The number of amides is 2. The molecule has 0 aromatic carbocycles. The molecule has 0 bridgehead atoms. The van der Waals surface area contributed by atoms with Crippen LogP contribution in [0.15, 0.2) is 12.3 Å². The first-order valence-electron chi connectivity index (χ1n) is 8.40. The van der Waals surface area contributed by atoms with Crippen molar-refractivity contribution < 1.29 is 19.1 Å². The van der Waals surface area contributed by atoms with E-state index in [1.54, 1.807) is 11.1 Å². The van der Waals surface area contributed by atoms with Crippen molar-refractivity contribution in [1.29, 1.82) is 0 Å². The third kappa shape index (κ3) is 5.62. The smallest absolute Gasteiger partial charge is 0.414 e. The van der Waals surface area contributed by atoms with Gasteiger partial charge in [-0.05, 0) is 59.6 Å². The first-order chi connectivity index (χ1) is 11.4. The molecule has 2 rings (SSSR count). The predicted octanol–water partition coefficient (Wildman–Crippen LogP) is 3.40. The Hall–Kier alpha value is -2.31. The number of ether oxygens (including phenoxy) is 2. The second-order valence-electron chi connectivity index (χ2n) is 8.04. The average molecular weight is 349 g/mol. The quantitative estimate of drug-likeness (QED) is 0.885. The zero-order chi connectivity index (χ0) is 18.8. The molecule has 1 aromatic heterocycles. The van der Waals surface area contributed by atoms with Crippen LogP contribution in [0.25, 0.3) is 0 Å². The van der Waals surface area contributed by atoms with E-state index in [-0.39, 0.29) is 12.6 Å². The standard InChI is InChI=1S/C18H27N3O4/c1-17(2,3)24-15(22)20-10-13-9-12-7-8-21(14(12)11-19-13)16(23)25-18(4,5)6/h9,11H,7-8,10H2,1-6H3,(H,20,22). The summed E-state index contributed by atoms with van der Waals surface area (Å²) in [5.41, 5.74) is 1.42. The molecule has 0 unspecified atom stereocenters. The molecule has 0 fully saturated rings. The van der Waals surface area contributed by atoms with Crippen molar-refractivity contribution in [3.8, 4) is 0 Å². The molecule has 2 amide bonds. The number of hydrogen-bond acceptors (Lipinski definition) is 5. The summed E-state index contributed by atoms with van der Waals surface area (Å²) in [6, 6.07) is 1.90. The van der Waals surface area contributed by atoms with E-state index in [0.717, 1.165) is 23.4 Å². The lowest BCUT2D eigenvalue weighted by molar-refractivity contribution is 0.0521. The van der Waals surface area contributed by atoms with Crippen LogP contribution in [-0.4, -0.2) is 34.9 Å². The van der Waals surface area contributed by atoms with Gasteiger partial charge in [-0.2, -0.15) is 0 Å². The molecule has 7 nitrogen and oxygen atoms in total. The highest BCUT2D eigenvalue weighted by atomic mass is 16.6. The van der Waals surface area contributed by atoms with Crippen LogP contribution in [0, 0.1) is 0 Å². The number of nitrogens with one attached hydrogen (secondary N) is 1. The van der Waals surface area contributed by atoms with Crippen molar-refractivity contribution in [1.82, 2.24) is 10.3 Å². The summed E-state index contributed by atoms with van der Waals surface area (Å²) in [5, 5.41) is 2.68. The number of carbonyl (C=O) groups is 2. The Labute approximate surface area is 148 Å². The Bertz CT molecular complexity index is 659. The maximum atomic E-state index is 12.3. The number of rotatable bonds is 2. The Morgan fingerprint density at radius 1 is 1.16 bits per heavy atom. The van der Waals surface area contributed by atoms with Gasteiger partial charge in [0.05, 0.1) is 24.1 Å². The highest BCUT2D eigenvalue weighted by Gasteiger charge is 2.29. The molecule has 0 saturated carbocycles. The largest absolute Gasteiger partial charge is 0.444 e. The number of anilines is 1. The number of nitrogens with zero attached hydrogens (tertiary/aromatic N) is 2. The first kappa shape index (κ1) is 19.0. The molecule has 1 aliphatic rings. The van der Waals surface area contributed by atoms with Gasteiger partial charge in [0.2, 0.25) is 0 Å². The summed E-state index contributed by atoms with van der Waals surface area (Å²) in [6.45, 7) is 11.8. The molecule has 138 valence electrons. The fraction of sp³-hybridized carbons (Fsp3) is 0.611. The van der Waals surface area contributed by atoms with E-state index in [1.165, 1.54) is 0 Å². The van der Waals surface area contributed by atoms with Gasteiger partial charge in [0.25, 0.3) is 0 Å². The highest BCUT2D eigenvalue weighted by Crippen LogP contribution is 2.29. The highest BCUT2D eigenvalue weighted by molar-refractivity contribution is 5.90. The summed E-state index contributed by atoms with van der Waals surface area (Å²) >= 11 is 0. The van der Waals surface area contributed by atoms with Crippen molar-refractivity contribution in [2.75, 3.05) is 11.4 Å². The zero-order valence-corrected chi connectivity index (χ0v) is 15.8. The van der Waals surface area contributed by atoms with Gasteiger partial charge in [-0.3, -0.25) is 9.88 Å². The molecule has 0 spiro atoms. The Kier molecular flexibility index (Phi) is 5.25. The van der Waals surface area contributed by atoms with E-state index >= 15 is 0 Å². The number of alkyl carbamates (subject to hydrolysis) is 1. The minimum Gasteiger partial charge on any atom is -0.444 e. The van der Waals surface area contributed by atoms with E-state index in [2.05, 4.69) is 10.3 Å². The maximum absolute atomic E-state index is 12.3. The average Bonchev–Trinajstić information content (AvgIpc) is 2.84. The summed E-state index contributed by atoms with van der Waals surface area (Å²) in [5.74, 6) is 0. The number of pyridine rings is 1. The minimum atomic E-state index is -0.538. The number of hydrogen-bond donors (Lipinski definition) is 1. The predicted molar refractivity (Wildman–Crippen MR) is 94.6 cm³/mol. The van der Waals surface area contributed by atoms with E-state index in [1.807, 2.05) is 47.6 Å². The van der Waals surface area contributed by atoms with Crippen LogP contribution in [0.4, 0.5) is 15.3 Å². The molecular formula is C18H27N3O4. The second kappa shape index (κ2) is 6.90. The SMILES string of the molecule is CC(C)(C)OC(=O)NCc1cc2c(cn1)N(C(=O)OC(C)(C)C)CC2. The molecule has 7 heteroatoms. The van der Waals surface area contributed by atoms with E-state index in [0.29, 0.717) is 6.54 Å². The van der Waals surface area contributed by atoms with Crippen molar-refractivity contribution in [3.05, 3.63) is 23.5 Å². The third-order valence-electron chi connectivity index (χ3n) is 3.34. The normalized spacial score (nSPS) is 14.1. The zero-order valence-electron chi connectivity index (χ0n) is 15.8. The lowest BCUT2D eigenvalue weighted by Gasteiger charge is -2.24. The van der Waals surface area contributed by atoms with Crippen molar-refractivity contribution >= 4 is 17.9 Å². The van der Waals surface area contributed by atoms with Crippen LogP contribution >= 0.6 is 0 Å². The fourth-order valence-corrected chi connectivity index (χ4v) is 2.42. The molecule has 2 heterocycles. The third-order valence-corrected chi connectivity index (χ3v) is 3.34. The van der Waals surface area contributed by atoms with Crippen molar-refractivity contribution in [3.63, 3.8) is 0 Å². The van der Waals surface area contributed by atoms with Crippen molar-refractivity contribution in [2.45, 2.75) is 65.7 Å².